The maximum absolute atomic E-state index is 10.9. The molecule has 0 saturated heterocycles. The molecule has 0 bridgehead atoms. The van der Waals surface area contributed by atoms with Gasteiger partial charge in [0.1, 0.15) is 6.61 Å². The number of para-hydroxylation sites is 1. The largest absolute Gasteiger partial charge is 0.488 e. The first-order valence-electron chi connectivity index (χ1n) is 6.99. The van der Waals surface area contributed by atoms with Crippen molar-refractivity contribution < 1.29 is 19.4 Å². The van der Waals surface area contributed by atoms with Gasteiger partial charge in [0.15, 0.2) is 5.75 Å². The molecule has 1 N–H and O–H groups in total. The van der Waals surface area contributed by atoms with Crippen LogP contribution in [0.25, 0.3) is 0 Å². The number of halogens is 2. The lowest BCUT2D eigenvalue weighted by molar-refractivity contribution is -0.143. The van der Waals surface area contributed by atoms with E-state index >= 15 is 0 Å². The molecule has 0 heterocycles. The average molecular weight is 333 g/mol. The Hall–Kier alpha value is -0.970. The van der Waals surface area contributed by atoms with Crippen LogP contribution >= 0.6 is 23.2 Å². The van der Waals surface area contributed by atoms with Gasteiger partial charge in [0.25, 0.3) is 0 Å². The first-order chi connectivity index (χ1) is 10.1. The second-order valence-electron chi connectivity index (χ2n) is 5.08. The summed E-state index contributed by atoms with van der Waals surface area (Å²) in [5.41, 5.74) is 0. The molecule has 0 radical (unpaired) electrons. The van der Waals surface area contributed by atoms with Crippen molar-refractivity contribution in [2.45, 2.75) is 31.8 Å². The van der Waals surface area contributed by atoms with Gasteiger partial charge in [0.2, 0.25) is 0 Å². The van der Waals surface area contributed by atoms with Crippen molar-refractivity contribution in [3.63, 3.8) is 0 Å². The van der Waals surface area contributed by atoms with Gasteiger partial charge < -0.3 is 14.6 Å². The predicted molar refractivity (Wildman–Crippen MR) is 81.3 cm³/mol. The lowest BCUT2D eigenvalue weighted by Gasteiger charge is -2.26. The molecule has 21 heavy (non-hydrogen) atoms. The van der Waals surface area contributed by atoms with Crippen LogP contribution in [0.15, 0.2) is 18.2 Å². The summed E-state index contributed by atoms with van der Waals surface area (Å²) in [6, 6.07) is 5.20. The molecule has 1 fully saturated rings. The molecule has 0 spiro atoms. The highest BCUT2D eigenvalue weighted by Crippen LogP contribution is 2.32. The highest BCUT2D eigenvalue weighted by Gasteiger charge is 2.26. The van der Waals surface area contributed by atoms with Crippen LogP contribution in [0.1, 0.15) is 25.7 Å². The van der Waals surface area contributed by atoms with Crippen LogP contribution in [-0.4, -0.2) is 30.4 Å². The average Bonchev–Trinajstić information content (AvgIpc) is 2.46. The van der Waals surface area contributed by atoms with Gasteiger partial charge in [0, 0.05) is 0 Å². The molecule has 1 aliphatic rings. The first-order valence-corrected chi connectivity index (χ1v) is 7.74. The molecule has 0 aromatic heterocycles. The van der Waals surface area contributed by atoms with Crippen LogP contribution < -0.4 is 4.74 Å². The second kappa shape index (κ2) is 7.87. The van der Waals surface area contributed by atoms with Crippen molar-refractivity contribution >= 4 is 29.2 Å². The van der Waals surface area contributed by atoms with Crippen molar-refractivity contribution in [3.8, 4) is 5.75 Å². The number of carboxylic acid groups (broad SMARTS) is 1. The summed E-state index contributed by atoms with van der Waals surface area (Å²) in [6.07, 6.45) is 3.04. The van der Waals surface area contributed by atoms with Crippen LogP contribution in [0.3, 0.4) is 0 Å². The topological polar surface area (TPSA) is 55.8 Å². The van der Waals surface area contributed by atoms with Gasteiger partial charge in [-0.25, -0.2) is 0 Å². The summed E-state index contributed by atoms with van der Waals surface area (Å²) < 4.78 is 11.2. The summed E-state index contributed by atoms with van der Waals surface area (Å²) in [5, 5.41) is 9.88. The van der Waals surface area contributed by atoms with Crippen LogP contribution in [-0.2, 0) is 9.53 Å². The van der Waals surface area contributed by atoms with Gasteiger partial charge in [-0.2, -0.15) is 0 Å². The molecular weight excluding hydrogens is 315 g/mol. The summed E-state index contributed by atoms with van der Waals surface area (Å²) in [7, 11) is 0. The summed E-state index contributed by atoms with van der Waals surface area (Å²) >= 11 is 12.0. The third-order valence-corrected chi connectivity index (χ3v) is 4.22. The minimum atomic E-state index is -0.704. The van der Waals surface area contributed by atoms with Crippen molar-refractivity contribution in [3.05, 3.63) is 28.2 Å². The molecule has 6 heteroatoms. The molecule has 116 valence electrons. The zero-order valence-corrected chi connectivity index (χ0v) is 13.1. The zero-order chi connectivity index (χ0) is 15.2. The van der Waals surface area contributed by atoms with Crippen LogP contribution in [0.5, 0.6) is 5.75 Å². The number of carboxylic acids is 1. The van der Waals surface area contributed by atoms with E-state index in [1.807, 2.05) is 0 Å². The third-order valence-electron chi connectivity index (χ3n) is 3.63. The van der Waals surface area contributed by atoms with Crippen molar-refractivity contribution in [1.82, 2.24) is 0 Å². The molecule has 2 rings (SSSR count). The van der Waals surface area contributed by atoms with E-state index in [0.29, 0.717) is 41.9 Å². The predicted octanol–water partition coefficient (Wildman–Crippen LogP) is 4.03. The molecule has 4 nitrogen and oxygen atoms in total. The van der Waals surface area contributed by atoms with E-state index in [9.17, 15) is 4.79 Å². The minimum absolute atomic E-state index is 0.117. The minimum Gasteiger partial charge on any atom is -0.488 e. The maximum atomic E-state index is 10.9. The van der Waals surface area contributed by atoms with E-state index in [1.54, 1.807) is 18.2 Å². The Bertz CT molecular complexity index is 464. The van der Waals surface area contributed by atoms with Gasteiger partial charge in [-0.1, -0.05) is 29.3 Å². The Labute approximate surface area is 133 Å². The summed E-state index contributed by atoms with van der Waals surface area (Å²) in [6.45, 7) is 0.798. The number of benzene rings is 1. The molecule has 1 aliphatic carbocycles. The SMILES string of the molecule is O=C(O)C1CCC(OCCOc2c(Cl)cccc2Cl)CC1. The van der Waals surface area contributed by atoms with Gasteiger partial charge in [0.05, 0.1) is 28.7 Å². The molecular formula is C15H18Cl2O4. The highest BCUT2D eigenvalue weighted by molar-refractivity contribution is 6.37. The fourth-order valence-corrected chi connectivity index (χ4v) is 2.96. The number of aliphatic carboxylic acids is 1. The number of hydrogen-bond acceptors (Lipinski definition) is 3. The van der Waals surface area contributed by atoms with Gasteiger partial charge >= 0.3 is 5.97 Å². The van der Waals surface area contributed by atoms with Gasteiger partial charge in [-0.3, -0.25) is 4.79 Å². The highest BCUT2D eigenvalue weighted by atomic mass is 35.5. The lowest BCUT2D eigenvalue weighted by Crippen LogP contribution is -2.27. The number of ether oxygens (including phenoxy) is 2. The monoisotopic (exact) mass is 332 g/mol. The fourth-order valence-electron chi connectivity index (χ4n) is 2.46. The Kier molecular flexibility index (Phi) is 6.15. The van der Waals surface area contributed by atoms with E-state index < -0.39 is 5.97 Å². The van der Waals surface area contributed by atoms with E-state index in [4.69, 9.17) is 37.8 Å². The smallest absolute Gasteiger partial charge is 0.306 e. The molecule has 1 aromatic carbocycles. The molecule has 0 aliphatic heterocycles. The van der Waals surface area contributed by atoms with E-state index in [-0.39, 0.29) is 12.0 Å². The van der Waals surface area contributed by atoms with Crippen LogP contribution in [0, 0.1) is 5.92 Å². The maximum Gasteiger partial charge on any atom is 0.306 e. The molecule has 0 unspecified atom stereocenters. The lowest BCUT2D eigenvalue weighted by atomic mass is 9.87. The van der Waals surface area contributed by atoms with E-state index in [2.05, 4.69) is 0 Å². The Balaban J connectivity index is 1.68. The second-order valence-corrected chi connectivity index (χ2v) is 5.90. The zero-order valence-electron chi connectivity index (χ0n) is 11.6. The number of hydrogen-bond donors (Lipinski definition) is 1. The standard InChI is InChI=1S/C15H18Cl2O4/c16-12-2-1-3-13(17)14(12)21-9-8-20-11-6-4-10(5-7-11)15(18)19/h1-3,10-11H,4-9H2,(H,18,19). The van der Waals surface area contributed by atoms with E-state index in [1.165, 1.54) is 0 Å². The first kappa shape index (κ1) is 16.4. The van der Waals surface area contributed by atoms with Crippen LogP contribution in [0.4, 0.5) is 0 Å². The normalized spacial score (nSPS) is 22.0. The van der Waals surface area contributed by atoms with E-state index in [0.717, 1.165) is 12.8 Å². The third kappa shape index (κ3) is 4.77. The fraction of sp³-hybridized carbons (Fsp3) is 0.533. The molecule has 0 amide bonds. The Morgan fingerprint density at radius 1 is 1.14 bits per heavy atom. The van der Waals surface area contributed by atoms with Crippen LogP contribution in [0.2, 0.25) is 10.0 Å². The number of carbonyl (C=O) groups is 1. The van der Waals surface area contributed by atoms with Crippen molar-refractivity contribution in [2.24, 2.45) is 5.92 Å². The molecule has 0 atom stereocenters. The number of rotatable bonds is 6. The summed E-state index contributed by atoms with van der Waals surface area (Å²) in [5.74, 6) is -0.452. The molecule has 1 aromatic rings. The van der Waals surface area contributed by atoms with Gasteiger partial charge in [-0.05, 0) is 37.8 Å². The van der Waals surface area contributed by atoms with Crippen molar-refractivity contribution in [2.75, 3.05) is 13.2 Å². The van der Waals surface area contributed by atoms with Crippen molar-refractivity contribution in [1.29, 1.82) is 0 Å². The summed E-state index contributed by atoms with van der Waals surface area (Å²) in [4.78, 5) is 10.9. The quantitative estimate of drug-likeness (QED) is 0.799. The van der Waals surface area contributed by atoms with Gasteiger partial charge in [-0.15, -0.1) is 0 Å². The molecule has 1 saturated carbocycles. The Morgan fingerprint density at radius 3 is 2.33 bits per heavy atom. The Morgan fingerprint density at radius 2 is 1.76 bits per heavy atom.